The van der Waals surface area contributed by atoms with Gasteiger partial charge in [-0.1, -0.05) is 6.07 Å². The molecular weight excluding hydrogens is 510 g/mol. The second kappa shape index (κ2) is 8.23. The lowest BCUT2D eigenvalue weighted by atomic mass is 10.3. The number of rotatable bonds is 4. The van der Waals surface area contributed by atoms with Crippen molar-refractivity contribution in [2.24, 2.45) is 0 Å². The first-order valence-electron chi connectivity index (χ1n) is 6.34. The minimum Gasteiger partial charge on any atom is -0.497 e. The Morgan fingerprint density at radius 3 is 2.48 bits per heavy atom. The van der Waals surface area contributed by atoms with Gasteiger partial charge in [-0.15, -0.1) is 28.3 Å². The van der Waals surface area contributed by atoms with Crippen molar-refractivity contribution in [3.05, 3.63) is 50.9 Å². The maximum absolute atomic E-state index is 5.23. The monoisotopic (exact) mass is 519 g/mol. The topological polar surface area (TPSA) is 47.0 Å². The van der Waals surface area contributed by atoms with Gasteiger partial charge in [-0.2, -0.15) is 0 Å². The van der Waals surface area contributed by atoms with E-state index < -0.39 is 0 Å². The first-order valence-corrected chi connectivity index (χ1v) is 8.81. The summed E-state index contributed by atoms with van der Waals surface area (Å²) in [6.45, 7) is 0. The van der Waals surface area contributed by atoms with Gasteiger partial charge in [0.1, 0.15) is 11.4 Å². The highest BCUT2D eigenvalue weighted by Gasteiger charge is 2.11. The van der Waals surface area contributed by atoms with Crippen LogP contribution < -0.4 is 10.1 Å². The molecule has 0 unspecified atom stereocenters. The third-order valence-electron chi connectivity index (χ3n) is 2.91. The molecule has 0 aliphatic carbocycles. The number of hydrogen-bond acceptors (Lipinski definition) is 5. The fraction of sp³-hybridized carbons (Fsp3) is 0.0667. The predicted molar refractivity (Wildman–Crippen MR) is 107 cm³/mol. The smallest absolute Gasteiger partial charge is 0.187 e. The minimum atomic E-state index is 0. The summed E-state index contributed by atoms with van der Waals surface area (Å²) in [5.74, 6) is 0.776. The van der Waals surface area contributed by atoms with Crippen LogP contribution in [0.2, 0.25) is 0 Å². The Morgan fingerprint density at radius 2 is 1.87 bits per heavy atom. The van der Waals surface area contributed by atoms with Gasteiger partial charge in [0.2, 0.25) is 0 Å². The number of nitrogens with zero attached hydrogens (tertiary/aromatic N) is 2. The number of benzene rings is 1. The van der Waals surface area contributed by atoms with Gasteiger partial charge < -0.3 is 10.1 Å². The molecule has 120 valence electrons. The molecule has 8 heteroatoms. The molecule has 2 heterocycles. The summed E-state index contributed by atoms with van der Waals surface area (Å²) in [4.78, 5) is 8.88. The molecule has 0 radical (unpaired) electrons. The fourth-order valence-corrected chi connectivity index (χ4v) is 3.91. The zero-order valence-corrected chi connectivity index (χ0v) is 17.6. The van der Waals surface area contributed by atoms with Crippen molar-refractivity contribution in [1.82, 2.24) is 9.97 Å². The quantitative estimate of drug-likeness (QED) is 0.453. The van der Waals surface area contributed by atoms with Crippen molar-refractivity contribution in [1.29, 1.82) is 0 Å². The molecule has 0 fully saturated rings. The molecule has 0 amide bonds. The van der Waals surface area contributed by atoms with E-state index in [4.69, 9.17) is 4.74 Å². The van der Waals surface area contributed by atoms with E-state index >= 15 is 0 Å². The number of hydrogen-bond donors (Lipinski definition) is 1. The third kappa shape index (κ3) is 4.32. The standard InChI is InChI=1S/C15H11Br2N3OS.BrH/c1-21-9-6-10(16)14(11(17)7-9)20-15-19-13(8-22-15)12-4-2-3-5-18-12;/h2-8H,1H3,(H,19,20);1H. The Bertz CT molecular complexity index is 773. The van der Waals surface area contributed by atoms with Crippen LogP contribution in [0.4, 0.5) is 10.8 Å². The molecule has 0 atom stereocenters. The van der Waals surface area contributed by atoms with E-state index in [1.54, 1.807) is 13.3 Å². The van der Waals surface area contributed by atoms with Crippen molar-refractivity contribution in [2.75, 3.05) is 12.4 Å². The van der Waals surface area contributed by atoms with Crippen LogP contribution in [0, 0.1) is 0 Å². The van der Waals surface area contributed by atoms with Crippen molar-refractivity contribution >= 4 is 71.0 Å². The van der Waals surface area contributed by atoms with Crippen LogP contribution in [0.5, 0.6) is 5.75 Å². The molecule has 0 saturated heterocycles. The Morgan fingerprint density at radius 1 is 1.13 bits per heavy atom. The van der Waals surface area contributed by atoms with Gasteiger partial charge in [0.05, 0.1) is 18.5 Å². The molecule has 2 aromatic heterocycles. The molecule has 0 spiro atoms. The molecule has 1 aromatic carbocycles. The molecule has 0 saturated carbocycles. The van der Waals surface area contributed by atoms with Crippen molar-refractivity contribution < 1.29 is 4.74 Å². The third-order valence-corrected chi connectivity index (χ3v) is 4.92. The van der Waals surface area contributed by atoms with Gasteiger partial charge >= 0.3 is 0 Å². The minimum absolute atomic E-state index is 0. The van der Waals surface area contributed by atoms with Crippen LogP contribution in [0.15, 0.2) is 50.9 Å². The van der Waals surface area contributed by atoms with E-state index in [9.17, 15) is 0 Å². The van der Waals surface area contributed by atoms with Crippen LogP contribution in [-0.4, -0.2) is 17.1 Å². The lowest BCUT2D eigenvalue weighted by Crippen LogP contribution is -1.94. The molecule has 3 rings (SSSR count). The van der Waals surface area contributed by atoms with E-state index in [0.29, 0.717) is 0 Å². The number of halogens is 3. The first-order chi connectivity index (χ1) is 10.7. The molecule has 0 bridgehead atoms. The fourth-order valence-electron chi connectivity index (χ4n) is 1.86. The summed E-state index contributed by atoms with van der Waals surface area (Å²) >= 11 is 8.61. The van der Waals surface area contributed by atoms with Gasteiger partial charge in [-0.25, -0.2) is 4.98 Å². The largest absolute Gasteiger partial charge is 0.497 e. The first kappa shape index (κ1) is 18.4. The van der Waals surface area contributed by atoms with Crippen LogP contribution in [0.1, 0.15) is 0 Å². The number of ether oxygens (including phenoxy) is 1. The highest BCUT2D eigenvalue weighted by Crippen LogP contribution is 2.38. The lowest BCUT2D eigenvalue weighted by molar-refractivity contribution is 0.414. The van der Waals surface area contributed by atoms with Crippen molar-refractivity contribution in [3.63, 3.8) is 0 Å². The molecule has 4 nitrogen and oxygen atoms in total. The summed E-state index contributed by atoms with van der Waals surface area (Å²) in [6, 6.07) is 9.59. The number of anilines is 2. The molecule has 1 N–H and O–H groups in total. The van der Waals surface area contributed by atoms with Gasteiger partial charge in [0.25, 0.3) is 0 Å². The maximum Gasteiger partial charge on any atom is 0.187 e. The summed E-state index contributed by atoms with van der Waals surface area (Å²) in [6.07, 6.45) is 1.76. The highest BCUT2D eigenvalue weighted by atomic mass is 79.9. The van der Waals surface area contributed by atoms with E-state index in [-0.39, 0.29) is 17.0 Å². The summed E-state index contributed by atoms with van der Waals surface area (Å²) in [7, 11) is 1.64. The molecular formula is C15H12Br3N3OS. The van der Waals surface area contributed by atoms with E-state index in [1.807, 2.05) is 35.7 Å². The predicted octanol–water partition coefficient (Wildman–Crippen LogP) is 6.06. The van der Waals surface area contributed by atoms with Crippen LogP contribution >= 0.6 is 60.2 Å². The second-order valence-corrected chi connectivity index (χ2v) is 6.91. The van der Waals surface area contributed by atoms with Crippen LogP contribution in [0.3, 0.4) is 0 Å². The number of aromatic nitrogens is 2. The Kier molecular flexibility index (Phi) is 6.58. The number of thiazole rings is 1. The second-order valence-electron chi connectivity index (χ2n) is 4.34. The van der Waals surface area contributed by atoms with E-state index in [1.165, 1.54) is 11.3 Å². The van der Waals surface area contributed by atoms with Crippen LogP contribution in [-0.2, 0) is 0 Å². The Hall–Kier alpha value is -0.960. The van der Waals surface area contributed by atoms with E-state index in [0.717, 1.165) is 36.9 Å². The zero-order valence-electron chi connectivity index (χ0n) is 11.9. The summed E-state index contributed by atoms with van der Waals surface area (Å²) in [5, 5.41) is 6.09. The van der Waals surface area contributed by atoms with Gasteiger partial charge in [0, 0.05) is 20.5 Å². The maximum atomic E-state index is 5.23. The summed E-state index contributed by atoms with van der Waals surface area (Å²) in [5.41, 5.74) is 2.62. The lowest BCUT2D eigenvalue weighted by Gasteiger charge is -2.10. The molecule has 0 aliphatic rings. The number of pyridine rings is 1. The molecule has 23 heavy (non-hydrogen) atoms. The SMILES string of the molecule is Br.COc1cc(Br)c(Nc2nc(-c3ccccn3)cs2)c(Br)c1. The Labute approximate surface area is 165 Å². The Balaban J connectivity index is 0.00000192. The van der Waals surface area contributed by atoms with Crippen molar-refractivity contribution in [3.8, 4) is 17.1 Å². The summed E-state index contributed by atoms with van der Waals surface area (Å²) < 4.78 is 7.03. The highest BCUT2D eigenvalue weighted by molar-refractivity contribution is 9.11. The average Bonchev–Trinajstić information content (AvgIpc) is 3.00. The van der Waals surface area contributed by atoms with E-state index in [2.05, 4.69) is 47.1 Å². The number of nitrogens with one attached hydrogen (secondary N) is 1. The molecule has 3 aromatic rings. The van der Waals surface area contributed by atoms with Gasteiger partial charge in [-0.3, -0.25) is 4.98 Å². The van der Waals surface area contributed by atoms with Gasteiger partial charge in [0.15, 0.2) is 5.13 Å². The van der Waals surface area contributed by atoms with Crippen molar-refractivity contribution in [2.45, 2.75) is 0 Å². The zero-order chi connectivity index (χ0) is 15.5. The normalized spacial score (nSPS) is 10.0. The molecule has 0 aliphatic heterocycles. The average molecular weight is 522 g/mol. The number of methoxy groups -OCH3 is 1. The van der Waals surface area contributed by atoms with Crippen LogP contribution in [0.25, 0.3) is 11.4 Å². The van der Waals surface area contributed by atoms with Gasteiger partial charge in [-0.05, 0) is 56.1 Å².